The zero-order valence-electron chi connectivity index (χ0n) is 22.6. The summed E-state index contributed by atoms with van der Waals surface area (Å²) in [5.74, 6) is -0.0907. The minimum Gasteiger partial charge on any atom is -0.451 e. The number of nitrogens with zero attached hydrogens (tertiary/aromatic N) is 2. The largest absolute Gasteiger partial charge is 0.451 e. The third kappa shape index (κ3) is 5.47. The van der Waals surface area contributed by atoms with Crippen molar-refractivity contribution >= 4 is 23.4 Å². The van der Waals surface area contributed by atoms with Gasteiger partial charge < -0.3 is 25.4 Å². The summed E-state index contributed by atoms with van der Waals surface area (Å²) in [7, 11) is 0. The molecule has 0 spiro atoms. The Kier molecular flexibility index (Phi) is 7.67. The van der Waals surface area contributed by atoms with Gasteiger partial charge in [0.2, 0.25) is 5.91 Å². The molecule has 0 bridgehead atoms. The highest BCUT2D eigenvalue weighted by Crippen LogP contribution is 2.42. The fourth-order valence-electron chi connectivity index (χ4n) is 5.40. The van der Waals surface area contributed by atoms with E-state index >= 15 is 0 Å². The van der Waals surface area contributed by atoms with Gasteiger partial charge >= 0.3 is 5.56 Å². The van der Waals surface area contributed by atoms with Crippen LogP contribution in [-0.4, -0.2) is 57.7 Å². The molecular formula is C29H32ClN5O5. The Labute approximate surface area is 236 Å². The van der Waals surface area contributed by atoms with Crippen LogP contribution in [-0.2, 0) is 9.53 Å². The minimum absolute atomic E-state index is 0.107. The van der Waals surface area contributed by atoms with E-state index in [2.05, 4.69) is 15.5 Å². The van der Waals surface area contributed by atoms with Crippen molar-refractivity contribution in [2.45, 2.75) is 57.3 Å². The summed E-state index contributed by atoms with van der Waals surface area (Å²) in [6.07, 6.45) is 1.46. The molecule has 0 aliphatic carbocycles. The number of aryl methyl sites for hydroxylation is 2. The molecule has 210 valence electrons. The van der Waals surface area contributed by atoms with E-state index in [0.717, 1.165) is 18.4 Å². The first-order valence-electron chi connectivity index (χ1n) is 13.2. The fraction of sp³-hybridized carbons (Fsp3) is 0.379. The van der Waals surface area contributed by atoms with E-state index in [1.165, 1.54) is 6.07 Å². The van der Waals surface area contributed by atoms with Gasteiger partial charge in [-0.25, -0.2) is 5.10 Å². The molecule has 2 aliphatic heterocycles. The summed E-state index contributed by atoms with van der Waals surface area (Å²) in [6.45, 7) is 5.94. The maximum atomic E-state index is 13.9. The standard InChI is InChI=1S/C29H32ClN5O5/c1-16-11-20(7-9-23(16)40-24-12-17(2)33-34-27(24)37)26(36)32-18(3)28(38)35-22(19-5-4-6-21(30)13-19)8-10-25(35)29(31)14-39-15-29/h4-7,9,11-13,18,22,25H,8,10,14-15,31H2,1-3H3,(H,32,36)(H,34,37)/t18-,22+,25-/m1/s1. The lowest BCUT2D eigenvalue weighted by Crippen LogP contribution is -2.69. The first-order chi connectivity index (χ1) is 19.1. The number of rotatable bonds is 7. The van der Waals surface area contributed by atoms with E-state index < -0.39 is 23.0 Å². The lowest BCUT2D eigenvalue weighted by Gasteiger charge is -2.47. The van der Waals surface area contributed by atoms with Gasteiger partial charge in [-0.15, -0.1) is 0 Å². The molecule has 40 heavy (non-hydrogen) atoms. The molecule has 11 heteroatoms. The maximum Gasteiger partial charge on any atom is 0.307 e. The van der Waals surface area contributed by atoms with Crippen molar-refractivity contribution in [3.05, 3.63) is 86.3 Å². The number of halogens is 1. The minimum atomic E-state index is -0.811. The van der Waals surface area contributed by atoms with Gasteiger partial charge in [0.05, 0.1) is 36.5 Å². The number of aromatic amines is 1. The Balaban J connectivity index is 1.33. The van der Waals surface area contributed by atoms with Crippen LogP contribution in [0.25, 0.3) is 0 Å². The van der Waals surface area contributed by atoms with E-state index in [1.807, 2.05) is 23.1 Å². The number of nitrogens with two attached hydrogens (primary N) is 1. The summed E-state index contributed by atoms with van der Waals surface area (Å²) >= 11 is 6.26. The molecule has 2 fully saturated rings. The molecule has 10 nitrogen and oxygen atoms in total. The second-order valence-corrected chi connectivity index (χ2v) is 11.1. The summed E-state index contributed by atoms with van der Waals surface area (Å²) in [5.41, 5.74) is 8.09. The SMILES string of the molecule is Cc1cc(Oc2ccc(C(=O)N[C@H](C)C(=O)N3[C@H](c4cccc(Cl)c4)CC[C@@H]3C3(N)COC3)cc2C)c(=O)[nH]n1. The molecule has 3 heterocycles. The van der Waals surface area contributed by atoms with Crippen molar-refractivity contribution < 1.29 is 19.1 Å². The Morgan fingerprint density at radius 1 is 1.18 bits per heavy atom. The van der Waals surface area contributed by atoms with Gasteiger partial charge in [0.15, 0.2) is 5.75 Å². The number of ether oxygens (including phenoxy) is 2. The zero-order valence-corrected chi connectivity index (χ0v) is 23.3. The fourth-order valence-corrected chi connectivity index (χ4v) is 5.60. The zero-order chi connectivity index (χ0) is 28.6. The van der Waals surface area contributed by atoms with Gasteiger partial charge in [0.25, 0.3) is 5.91 Å². The monoisotopic (exact) mass is 565 g/mol. The van der Waals surface area contributed by atoms with Gasteiger partial charge in [0.1, 0.15) is 11.8 Å². The summed E-state index contributed by atoms with van der Waals surface area (Å²) in [6, 6.07) is 12.6. The molecular weight excluding hydrogens is 534 g/mol. The molecule has 2 saturated heterocycles. The van der Waals surface area contributed by atoms with Crippen LogP contribution in [0.5, 0.6) is 11.5 Å². The van der Waals surface area contributed by atoms with Crippen LogP contribution in [0, 0.1) is 13.8 Å². The highest BCUT2D eigenvalue weighted by Gasteiger charge is 2.52. The van der Waals surface area contributed by atoms with Crippen LogP contribution in [0.2, 0.25) is 5.02 Å². The second-order valence-electron chi connectivity index (χ2n) is 10.6. The number of likely N-dealkylation sites (tertiary alicyclic amines) is 1. The van der Waals surface area contributed by atoms with Crippen LogP contribution in [0.4, 0.5) is 0 Å². The predicted octanol–water partition coefficient (Wildman–Crippen LogP) is 3.41. The predicted molar refractivity (Wildman–Crippen MR) is 150 cm³/mol. The first kappa shape index (κ1) is 27.8. The average Bonchev–Trinajstić information content (AvgIpc) is 3.35. The number of nitrogens with one attached hydrogen (secondary N) is 2. The van der Waals surface area contributed by atoms with Crippen molar-refractivity contribution in [2.75, 3.05) is 13.2 Å². The number of amides is 2. The smallest absolute Gasteiger partial charge is 0.307 e. The molecule has 4 N–H and O–H groups in total. The summed E-state index contributed by atoms with van der Waals surface area (Å²) in [5, 5.41) is 9.66. The first-order valence-corrected chi connectivity index (χ1v) is 13.5. The van der Waals surface area contributed by atoms with Crippen LogP contribution in [0.3, 0.4) is 0 Å². The van der Waals surface area contributed by atoms with Crippen molar-refractivity contribution in [1.29, 1.82) is 0 Å². The molecule has 5 rings (SSSR count). The van der Waals surface area contributed by atoms with E-state index in [0.29, 0.717) is 40.8 Å². The highest BCUT2D eigenvalue weighted by molar-refractivity contribution is 6.30. The van der Waals surface area contributed by atoms with E-state index in [1.54, 1.807) is 45.0 Å². The van der Waals surface area contributed by atoms with Gasteiger partial charge in [-0.1, -0.05) is 23.7 Å². The van der Waals surface area contributed by atoms with Crippen molar-refractivity contribution in [1.82, 2.24) is 20.4 Å². The highest BCUT2D eigenvalue weighted by atomic mass is 35.5. The number of carbonyl (C=O) groups is 2. The third-order valence-corrected chi connectivity index (χ3v) is 7.79. The topological polar surface area (TPSA) is 140 Å². The number of carbonyl (C=O) groups excluding carboxylic acids is 2. The van der Waals surface area contributed by atoms with E-state index in [-0.39, 0.29) is 23.7 Å². The van der Waals surface area contributed by atoms with Gasteiger partial charge in [-0.2, -0.15) is 5.10 Å². The van der Waals surface area contributed by atoms with Crippen LogP contribution >= 0.6 is 11.6 Å². The number of hydrogen-bond donors (Lipinski definition) is 3. The Bertz CT molecular complexity index is 1500. The summed E-state index contributed by atoms with van der Waals surface area (Å²) in [4.78, 5) is 40.9. The average molecular weight is 566 g/mol. The molecule has 3 aromatic rings. The Hall–Kier alpha value is -3.73. The molecule has 2 amide bonds. The maximum absolute atomic E-state index is 13.9. The lowest BCUT2D eigenvalue weighted by molar-refractivity contribution is -0.144. The third-order valence-electron chi connectivity index (χ3n) is 7.55. The van der Waals surface area contributed by atoms with Gasteiger partial charge in [0, 0.05) is 16.7 Å². The van der Waals surface area contributed by atoms with E-state index in [9.17, 15) is 14.4 Å². The van der Waals surface area contributed by atoms with Crippen molar-refractivity contribution in [2.24, 2.45) is 5.73 Å². The quantitative estimate of drug-likeness (QED) is 0.399. The number of hydrogen-bond acceptors (Lipinski definition) is 7. The molecule has 2 aromatic carbocycles. The Morgan fingerprint density at radius 3 is 2.62 bits per heavy atom. The van der Waals surface area contributed by atoms with Gasteiger partial charge in [-0.05, 0) is 75.1 Å². The van der Waals surface area contributed by atoms with Crippen LogP contribution in [0.15, 0.2) is 53.3 Å². The van der Waals surface area contributed by atoms with Gasteiger partial charge in [-0.3, -0.25) is 14.4 Å². The van der Waals surface area contributed by atoms with Crippen LogP contribution in [0.1, 0.15) is 53.0 Å². The Morgan fingerprint density at radius 2 is 1.95 bits per heavy atom. The molecule has 0 radical (unpaired) electrons. The number of benzene rings is 2. The lowest BCUT2D eigenvalue weighted by atomic mass is 9.87. The van der Waals surface area contributed by atoms with Crippen molar-refractivity contribution in [3.63, 3.8) is 0 Å². The van der Waals surface area contributed by atoms with Crippen LogP contribution < -0.4 is 21.3 Å². The molecule has 3 atom stereocenters. The van der Waals surface area contributed by atoms with E-state index in [4.69, 9.17) is 26.8 Å². The second kappa shape index (κ2) is 11.0. The molecule has 0 unspecified atom stereocenters. The molecule has 1 aromatic heterocycles. The molecule has 0 saturated carbocycles. The number of aromatic nitrogens is 2. The molecule has 2 aliphatic rings. The van der Waals surface area contributed by atoms with Crippen molar-refractivity contribution in [3.8, 4) is 11.5 Å². The number of H-pyrrole nitrogens is 1. The normalized spacial score (nSPS) is 20.5. The summed E-state index contributed by atoms with van der Waals surface area (Å²) < 4.78 is 11.2.